The van der Waals surface area contributed by atoms with Crippen LogP contribution in [0.4, 0.5) is 0 Å². The summed E-state index contributed by atoms with van der Waals surface area (Å²) in [5, 5.41) is 53.5. The monoisotopic (exact) mass is 368 g/mol. The topological polar surface area (TPSA) is 101 Å². The second kappa shape index (κ2) is 5.90. The third kappa shape index (κ3) is 2.27. The first-order valence-electron chi connectivity index (χ1n) is 10.5. The van der Waals surface area contributed by atoms with Gasteiger partial charge in [0.25, 0.3) is 0 Å². The number of aliphatic hydroxyl groups excluding tert-OH is 4. The summed E-state index contributed by atoms with van der Waals surface area (Å²) in [5.74, 6) is 0.690. The molecule has 5 nitrogen and oxygen atoms in total. The summed E-state index contributed by atoms with van der Waals surface area (Å²) >= 11 is 0. The van der Waals surface area contributed by atoms with Gasteiger partial charge >= 0.3 is 0 Å². The van der Waals surface area contributed by atoms with Crippen molar-refractivity contribution in [3.05, 3.63) is 0 Å². The number of hydrogen-bond donors (Lipinski definition) is 5. The minimum Gasteiger partial charge on any atom is -0.393 e. The maximum absolute atomic E-state index is 11.4. The van der Waals surface area contributed by atoms with Gasteiger partial charge in [0.2, 0.25) is 0 Å². The first kappa shape index (κ1) is 19.1. The number of fused-ring (bicyclic) bond motifs is 5. The van der Waals surface area contributed by atoms with Gasteiger partial charge in [0.15, 0.2) is 0 Å². The molecule has 4 aliphatic rings. The van der Waals surface area contributed by atoms with Crippen molar-refractivity contribution in [3.63, 3.8) is 0 Å². The van der Waals surface area contributed by atoms with Crippen LogP contribution in [-0.4, -0.2) is 55.5 Å². The lowest BCUT2D eigenvalue weighted by Gasteiger charge is -2.65. The fraction of sp³-hybridized carbons (Fsp3) is 1.00. The lowest BCUT2D eigenvalue weighted by molar-refractivity contribution is -0.265. The molecular weight excluding hydrogens is 332 g/mol. The van der Waals surface area contributed by atoms with Crippen molar-refractivity contribution in [2.75, 3.05) is 0 Å². The average Bonchev–Trinajstić information content (AvgIpc) is 2.81. The van der Waals surface area contributed by atoms with E-state index < -0.39 is 35.4 Å². The van der Waals surface area contributed by atoms with Crippen molar-refractivity contribution in [2.24, 2.45) is 34.5 Å². The highest BCUT2D eigenvalue weighted by atomic mass is 16.3. The van der Waals surface area contributed by atoms with Crippen molar-refractivity contribution >= 4 is 0 Å². The fourth-order valence-electron chi connectivity index (χ4n) is 8.18. The van der Waals surface area contributed by atoms with Gasteiger partial charge < -0.3 is 25.5 Å². The molecule has 0 spiro atoms. The predicted octanol–water partition coefficient (Wildman–Crippen LogP) is 1.44. The molecule has 0 radical (unpaired) electrons. The van der Waals surface area contributed by atoms with Gasteiger partial charge in [-0.25, -0.2) is 0 Å². The van der Waals surface area contributed by atoms with Gasteiger partial charge in [-0.3, -0.25) is 0 Å². The van der Waals surface area contributed by atoms with Crippen LogP contribution in [0.5, 0.6) is 0 Å². The maximum Gasteiger partial charge on any atom is 0.0985 e. The predicted molar refractivity (Wildman–Crippen MR) is 97.1 cm³/mol. The molecule has 0 amide bonds. The molecule has 0 saturated heterocycles. The molecule has 0 aromatic rings. The number of aliphatic hydroxyl groups is 5. The molecule has 0 bridgehead atoms. The molecule has 150 valence electrons. The molecule has 5 N–H and O–H groups in total. The number of rotatable bonds is 1. The molecule has 0 aliphatic heterocycles. The molecule has 1 unspecified atom stereocenters. The van der Waals surface area contributed by atoms with Gasteiger partial charge in [0.1, 0.15) is 0 Å². The fourth-order valence-corrected chi connectivity index (χ4v) is 8.18. The Hall–Kier alpha value is -0.200. The van der Waals surface area contributed by atoms with Crippen LogP contribution in [0.15, 0.2) is 0 Å². The molecule has 26 heavy (non-hydrogen) atoms. The van der Waals surface area contributed by atoms with Gasteiger partial charge in [0, 0.05) is 17.8 Å². The van der Waals surface area contributed by atoms with Gasteiger partial charge in [0.05, 0.1) is 30.0 Å². The van der Waals surface area contributed by atoms with Crippen LogP contribution in [0.2, 0.25) is 0 Å². The largest absolute Gasteiger partial charge is 0.393 e. The second-order valence-corrected chi connectivity index (χ2v) is 10.5. The summed E-state index contributed by atoms with van der Waals surface area (Å²) in [6.45, 7) is 6.10. The van der Waals surface area contributed by atoms with Crippen LogP contribution in [0.3, 0.4) is 0 Å². The molecule has 0 heterocycles. The molecule has 4 rings (SSSR count). The highest BCUT2D eigenvalue weighted by molar-refractivity contribution is 5.18. The lowest BCUT2D eigenvalue weighted by Crippen LogP contribution is -2.68. The summed E-state index contributed by atoms with van der Waals surface area (Å²) in [6, 6.07) is 0. The quantitative estimate of drug-likeness (QED) is 0.482. The molecule has 4 saturated carbocycles. The van der Waals surface area contributed by atoms with Crippen LogP contribution >= 0.6 is 0 Å². The van der Waals surface area contributed by atoms with Crippen molar-refractivity contribution in [3.8, 4) is 0 Å². The summed E-state index contributed by atoms with van der Waals surface area (Å²) in [6.07, 6.45) is 2.35. The van der Waals surface area contributed by atoms with E-state index in [1.807, 2.05) is 0 Å². The van der Waals surface area contributed by atoms with E-state index in [-0.39, 0.29) is 29.6 Å². The van der Waals surface area contributed by atoms with Crippen LogP contribution in [-0.2, 0) is 0 Å². The zero-order chi connectivity index (χ0) is 19.1. The molecule has 4 aliphatic carbocycles. The van der Waals surface area contributed by atoms with Crippen LogP contribution < -0.4 is 0 Å². The molecule has 5 heteroatoms. The Morgan fingerprint density at radius 3 is 2.31 bits per heavy atom. The Morgan fingerprint density at radius 1 is 0.962 bits per heavy atom. The highest BCUT2D eigenvalue weighted by Gasteiger charge is 2.68. The molecule has 4 fully saturated rings. The van der Waals surface area contributed by atoms with E-state index in [0.717, 1.165) is 19.3 Å². The van der Waals surface area contributed by atoms with Gasteiger partial charge in [-0.1, -0.05) is 13.8 Å². The smallest absolute Gasteiger partial charge is 0.0985 e. The van der Waals surface area contributed by atoms with Crippen molar-refractivity contribution in [1.29, 1.82) is 0 Å². The van der Waals surface area contributed by atoms with Crippen LogP contribution in [0.1, 0.15) is 65.7 Å². The van der Waals surface area contributed by atoms with Gasteiger partial charge in [-0.2, -0.15) is 0 Å². The highest BCUT2D eigenvalue weighted by Crippen LogP contribution is 2.68. The Morgan fingerprint density at radius 2 is 1.65 bits per heavy atom. The molecule has 0 aromatic heterocycles. The zero-order valence-electron chi connectivity index (χ0n) is 16.3. The first-order chi connectivity index (χ1) is 12.0. The van der Waals surface area contributed by atoms with E-state index in [9.17, 15) is 25.5 Å². The van der Waals surface area contributed by atoms with Crippen LogP contribution in [0, 0.1) is 34.5 Å². The molecular formula is C21H36O5. The molecule has 11 atom stereocenters. The third-order valence-electron chi connectivity index (χ3n) is 9.46. The van der Waals surface area contributed by atoms with E-state index >= 15 is 0 Å². The Balaban J connectivity index is 1.70. The van der Waals surface area contributed by atoms with E-state index in [1.54, 1.807) is 6.92 Å². The molecule has 0 aromatic carbocycles. The van der Waals surface area contributed by atoms with Crippen molar-refractivity contribution in [2.45, 2.75) is 95.7 Å². The van der Waals surface area contributed by atoms with E-state index in [0.29, 0.717) is 25.2 Å². The van der Waals surface area contributed by atoms with Crippen molar-refractivity contribution in [1.82, 2.24) is 0 Å². The standard InChI is InChI=1S/C21H36O5/c1-11(22)18-16(24)9-15-13-8-17(25)21(26)10-12(23)4-7-20(21,3)14(13)5-6-19(15,18)2/h11-18,22-26H,4-10H2,1-3H3/t11?,12-,13+,14-,15-,16-,17+,18-,19-,20+,21-/m0/s1. The number of hydrogen-bond acceptors (Lipinski definition) is 5. The minimum absolute atomic E-state index is 0.117. The Labute approximate surface area is 156 Å². The Kier molecular flexibility index (Phi) is 4.34. The Bertz CT molecular complexity index is 567. The maximum atomic E-state index is 11.4. The van der Waals surface area contributed by atoms with E-state index in [2.05, 4.69) is 13.8 Å². The van der Waals surface area contributed by atoms with Crippen molar-refractivity contribution < 1.29 is 25.5 Å². The van der Waals surface area contributed by atoms with E-state index in [4.69, 9.17) is 0 Å². The SMILES string of the molecule is CC(O)[C@H]1[C@@H](O)C[C@H]2[C@@H]3C[C@@H](O)[C@@]4(O)C[C@@H](O)CC[C@]4(C)[C@H]3CC[C@@]21C. The lowest BCUT2D eigenvalue weighted by atomic mass is 9.42. The summed E-state index contributed by atoms with van der Waals surface area (Å²) in [5.41, 5.74) is -1.74. The summed E-state index contributed by atoms with van der Waals surface area (Å²) in [7, 11) is 0. The normalized spacial score (nSPS) is 60.7. The zero-order valence-corrected chi connectivity index (χ0v) is 16.3. The first-order valence-corrected chi connectivity index (χ1v) is 10.5. The minimum atomic E-state index is -1.22. The summed E-state index contributed by atoms with van der Waals surface area (Å²) in [4.78, 5) is 0. The average molecular weight is 369 g/mol. The van der Waals surface area contributed by atoms with Gasteiger partial charge in [-0.05, 0) is 68.6 Å². The second-order valence-electron chi connectivity index (χ2n) is 10.5. The summed E-state index contributed by atoms with van der Waals surface area (Å²) < 4.78 is 0. The third-order valence-corrected chi connectivity index (χ3v) is 9.46. The van der Waals surface area contributed by atoms with E-state index in [1.165, 1.54) is 0 Å². The van der Waals surface area contributed by atoms with Gasteiger partial charge in [-0.15, -0.1) is 0 Å². The van der Waals surface area contributed by atoms with Crippen LogP contribution in [0.25, 0.3) is 0 Å².